The summed E-state index contributed by atoms with van der Waals surface area (Å²) in [6, 6.07) is 5.58. The summed E-state index contributed by atoms with van der Waals surface area (Å²) in [5.74, 6) is -1.27. The third kappa shape index (κ3) is 4.28. The number of halogens is 3. The number of hydrogen-bond acceptors (Lipinski definition) is 3. The maximum Gasteiger partial charge on any atom is 0.416 e. The Bertz CT molecular complexity index is 667. The fraction of sp³-hybridized carbons (Fsp3) is 0.412. The van der Waals surface area contributed by atoms with Crippen LogP contribution < -0.4 is 5.32 Å². The van der Waals surface area contributed by atoms with Gasteiger partial charge in [-0.3, -0.25) is 4.79 Å². The molecular weight excluding hydrogens is 321 g/mol. The lowest BCUT2D eigenvalue weighted by Gasteiger charge is -2.21. The van der Waals surface area contributed by atoms with E-state index in [2.05, 4.69) is 5.32 Å². The van der Waals surface area contributed by atoms with Crippen molar-refractivity contribution in [3.63, 3.8) is 0 Å². The van der Waals surface area contributed by atoms with E-state index in [1.807, 2.05) is 0 Å². The van der Waals surface area contributed by atoms with E-state index in [0.29, 0.717) is 12.8 Å². The van der Waals surface area contributed by atoms with Gasteiger partial charge in [-0.1, -0.05) is 19.3 Å². The van der Waals surface area contributed by atoms with Crippen molar-refractivity contribution in [2.45, 2.75) is 38.3 Å². The van der Waals surface area contributed by atoms with Gasteiger partial charge in [-0.25, -0.2) is 0 Å². The zero-order chi connectivity index (χ0) is 17.7. The van der Waals surface area contributed by atoms with E-state index in [1.165, 1.54) is 0 Å². The Hall–Kier alpha value is -2.49. The zero-order valence-corrected chi connectivity index (χ0v) is 12.9. The molecule has 2 rings (SSSR count). The van der Waals surface area contributed by atoms with Gasteiger partial charge in [0.1, 0.15) is 11.8 Å². The highest BCUT2D eigenvalue weighted by atomic mass is 19.4. The fourth-order valence-corrected chi connectivity index (χ4v) is 2.74. The number of hydrogen-bond donors (Lipinski definition) is 2. The second kappa shape index (κ2) is 7.39. The van der Waals surface area contributed by atoms with Gasteiger partial charge < -0.3 is 10.4 Å². The van der Waals surface area contributed by atoms with Crippen LogP contribution in [0, 0.1) is 17.2 Å². The number of aliphatic hydroxyl groups is 1. The Morgan fingerprint density at radius 2 is 1.75 bits per heavy atom. The molecule has 0 spiro atoms. The minimum Gasteiger partial charge on any atom is -0.510 e. The zero-order valence-electron chi connectivity index (χ0n) is 12.9. The highest BCUT2D eigenvalue weighted by molar-refractivity contribution is 6.06. The van der Waals surface area contributed by atoms with Crippen LogP contribution in [0.3, 0.4) is 0 Å². The standard InChI is InChI=1S/C17H17F3N2O2/c18-17(19,20)12-6-8-13(9-7-12)22-16(24)14(10-21)15(23)11-4-2-1-3-5-11/h6-9,11,23H,1-5H2,(H,22,24)/b15-14+. The van der Waals surface area contributed by atoms with Crippen molar-refractivity contribution in [2.24, 2.45) is 5.92 Å². The third-order valence-corrected chi connectivity index (χ3v) is 4.06. The largest absolute Gasteiger partial charge is 0.510 e. The minimum atomic E-state index is -4.46. The first-order valence-corrected chi connectivity index (χ1v) is 7.64. The topological polar surface area (TPSA) is 73.1 Å². The molecule has 1 saturated carbocycles. The van der Waals surface area contributed by atoms with Crippen molar-refractivity contribution in [1.29, 1.82) is 5.26 Å². The molecule has 1 aromatic rings. The molecule has 0 unspecified atom stereocenters. The van der Waals surface area contributed by atoms with Crippen LogP contribution in [0.2, 0.25) is 0 Å². The lowest BCUT2D eigenvalue weighted by atomic mass is 9.86. The maximum absolute atomic E-state index is 12.5. The first-order chi connectivity index (χ1) is 11.3. The normalized spacial score (nSPS) is 16.9. The number of rotatable bonds is 3. The van der Waals surface area contributed by atoms with E-state index in [4.69, 9.17) is 5.26 Å². The fourth-order valence-electron chi connectivity index (χ4n) is 2.74. The minimum absolute atomic E-state index is 0.122. The van der Waals surface area contributed by atoms with Gasteiger partial charge in [-0.2, -0.15) is 18.4 Å². The average molecular weight is 338 g/mol. The van der Waals surface area contributed by atoms with Gasteiger partial charge in [0.2, 0.25) is 0 Å². The van der Waals surface area contributed by atoms with E-state index in [9.17, 15) is 23.1 Å². The number of carbonyl (C=O) groups excluding carboxylic acids is 1. The van der Waals surface area contributed by atoms with Crippen molar-refractivity contribution >= 4 is 11.6 Å². The number of benzene rings is 1. The number of allylic oxidation sites excluding steroid dienone is 1. The van der Waals surface area contributed by atoms with Crippen LogP contribution in [0.5, 0.6) is 0 Å². The van der Waals surface area contributed by atoms with E-state index in [0.717, 1.165) is 43.5 Å². The number of anilines is 1. The molecule has 0 aliphatic heterocycles. The molecule has 128 valence electrons. The number of aliphatic hydroxyl groups excluding tert-OH is 1. The molecule has 4 nitrogen and oxygen atoms in total. The van der Waals surface area contributed by atoms with Crippen LogP contribution in [-0.4, -0.2) is 11.0 Å². The SMILES string of the molecule is N#C/C(C(=O)Nc1ccc(C(F)(F)F)cc1)=C(\O)C1CCCCC1. The van der Waals surface area contributed by atoms with Gasteiger partial charge in [0.15, 0.2) is 5.57 Å². The molecular formula is C17H17F3N2O2. The molecule has 0 radical (unpaired) electrons. The summed E-state index contributed by atoms with van der Waals surface area (Å²) in [5, 5.41) is 21.7. The van der Waals surface area contributed by atoms with Gasteiger partial charge >= 0.3 is 6.18 Å². The van der Waals surface area contributed by atoms with Gasteiger partial charge in [0.05, 0.1) is 5.56 Å². The quantitative estimate of drug-likeness (QED) is 0.482. The monoisotopic (exact) mass is 338 g/mol. The molecule has 0 aromatic heterocycles. The molecule has 0 saturated heterocycles. The van der Waals surface area contributed by atoms with Gasteiger partial charge in [0, 0.05) is 11.6 Å². The summed E-state index contributed by atoms with van der Waals surface area (Å²) in [4.78, 5) is 12.1. The predicted octanol–water partition coefficient (Wildman–Crippen LogP) is 4.56. The number of carbonyl (C=O) groups is 1. The van der Waals surface area contributed by atoms with Crippen molar-refractivity contribution in [3.8, 4) is 6.07 Å². The second-order valence-electron chi connectivity index (χ2n) is 5.74. The number of nitriles is 1. The number of alkyl halides is 3. The summed E-state index contributed by atoms with van der Waals surface area (Å²) < 4.78 is 37.5. The predicted molar refractivity (Wildman–Crippen MR) is 81.9 cm³/mol. The van der Waals surface area contributed by atoms with Crippen LogP contribution in [0.25, 0.3) is 0 Å². The Labute approximate surface area is 137 Å². The Morgan fingerprint density at radius 3 is 2.25 bits per heavy atom. The molecule has 1 aromatic carbocycles. The molecule has 1 fully saturated rings. The third-order valence-electron chi connectivity index (χ3n) is 4.06. The van der Waals surface area contributed by atoms with Crippen LogP contribution in [0.15, 0.2) is 35.6 Å². The van der Waals surface area contributed by atoms with E-state index in [-0.39, 0.29) is 22.9 Å². The smallest absolute Gasteiger partial charge is 0.416 e. The summed E-state index contributed by atoms with van der Waals surface area (Å²) in [7, 11) is 0. The van der Waals surface area contributed by atoms with E-state index >= 15 is 0 Å². The van der Waals surface area contributed by atoms with E-state index < -0.39 is 17.6 Å². The Morgan fingerprint density at radius 1 is 1.17 bits per heavy atom. The van der Waals surface area contributed by atoms with Crippen LogP contribution in [0.1, 0.15) is 37.7 Å². The summed E-state index contributed by atoms with van der Waals surface area (Å²) in [6.07, 6.45) is -0.125. The molecule has 0 heterocycles. The van der Waals surface area contributed by atoms with Crippen molar-refractivity contribution in [2.75, 3.05) is 5.32 Å². The Balaban J connectivity index is 2.13. The average Bonchev–Trinajstić information content (AvgIpc) is 2.56. The lowest BCUT2D eigenvalue weighted by Crippen LogP contribution is -2.19. The summed E-state index contributed by atoms with van der Waals surface area (Å²) >= 11 is 0. The van der Waals surface area contributed by atoms with E-state index in [1.54, 1.807) is 6.07 Å². The van der Waals surface area contributed by atoms with Crippen LogP contribution >= 0.6 is 0 Å². The van der Waals surface area contributed by atoms with Crippen molar-refractivity contribution in [3.05, 3.63) is 41.2 Å². The number of amides is 1. The van der Waals surface area contributed by atoms with Gasteiger partial charge in [-0.05, 0) is 37.1 Å². The molecule has 1 amide bonds. The van der Waals surface area contributed by atoms with Gasteiger partial charge in [0.25, 0.3) is 5.91 Å². The number of nitrogens with zero attached hydrogens (tertiary/aromatic N) is 1. The first kappa shape index (κ1) is 17.9. The van der Waals surface area contributed by atoms with Crippen LogP contribution in [0.4, 0.5) is 18.9 Å². The molecule has 0 bridgehead atoms. The van der Waals surface area contributed by atoms with Gasteiger partial charge in [-0.15, -0.1) is 0 Å². The summed E-state index contributed by atoms with van der Waals surface area (Å²) in [5.41, 5.74) is -1.10. The lowest BCUT2D eigenvalue weighted by molar-refractivity contribution is -0.137. The Kier molecular flexibility index (Phi) is 5.50. The van der Waals surface area contributed by atoms with Crippen molar-refractivity contribution in [1.82, 2.24) is 0 Å². The first-order valence-electron chi connectivity index (χ1n) is 7.64. The summed E-state index contributed by atoms with van der Waals surface area (Å²) in [6.45, 7) is 0. The molecule has 1 aliphatic rings. The molecule has 0 atom stereocenters. The molecule has 2 N–H and O–H groups in total. The highest BCUT2D eigenvalue weighted by Gasteiger charge is 2.30. The van der Waals surface area contributed by atoms with Crippen molar-refractivity contribution < 1.29 is 23.1 Å². The molecule has 24 heavy (non-hydrogen) atoms. The second-order valence-corrected chi connectivity index (χ2v) is 5.74. The maximum atomic E-state index is 12.5. The molecule has 7 heteroatoms. The van der Waals surface area contributed by atoms with Crippen LogP contribution in [-0.2, 0) is 11.0 Å². The highest BCUT2D eigenvalue weighted by Crippen LogP contribution is 2.31. The molecule has 1 aliphatic carbocycles. The number of nitrogens with one attached hydrogen (secondary N) is 1.